The predicted octanol–water partition coefficient (Wildman–Crippen LogP) is 3.34. The van der Waals surface area contributed by atoms with Gasteiger partial charge in [-0.05, 0) is 25.5 Å². The number of thiazole rings is 1. The second kappa shape index (κ2) is 7.36. The van der Waals surface area contributed by atoms with Crippen LogP contribution in [0.25, 0.3) is 0 Å². The molecule has 0 aliphatic rings. The van der Waals surface area contributed by atoms with E-state index in [0.717, 1.165) is 27.9 Å². The number of rotatable bonds is 7. The third-order valence-electron chi connectivity index (χ3n) is 3.31. The van der Waals surface area contributed by atoms with Gasteiger partial charge in [0.15, 0.2) is 5.13 Å². The van der Waals surface area contributed by atoms with Crippen LogP contribution in [-0.4, -0.2) is 35.2 Å². The molecule has 0 spiro atoms. The fourth-order valence-corrected chi connectivity index (χ4v) is 3.55. The van der Waals surface area contributed by atoms with Crippen LogP contribution in [0.15, 0.2) is 0 Å². The largest absolute Gasteiger partial charge is 0.391 e. The standard InChI is InChI=1S/C13H24N2OS2/c1-6-9(2)12-11(7-16)18-13(14-12)15(4)10(3)8-17-5/h9-10,16H,6-8H2,1-5H3. The maximum Gasteiger partial charge on any atom is 0.185 e. The van der Waals surface area contributed by atoms with Crippen molar-refractivity contribution in [2.75, 3.05) is 24.0 Å². The first-order valence-electron chi connectivity index (χ1n) is 6.37. The number of hydrogen-bond donors (Lipinski definition) is 1. The fourth-order valence-electron chi connectivity index (χ4n) is 1.73. The van der Waals surface area contributed by atoms with E-state index < -0.39 is 0 Å². The first kappa shape index (κ1) is 15.8. The van der Waals surface area contributed by atoms with Gasteiger partial charge in [0, 0.05) is 18.8 Å². The summed E-state index contributed by atoms with van der Waals surface area (Å²) in [5, 5.41) is 10.5. The summed E-state index contributed by atoms with van der Waals surface area (Å²) in [7, 11) is 2.08. The van der Waals surface area contributed by atoms with Crippen molar-refractivity contribution in [2.45, 2.75) is 45.8 Å². The Morgan fingerprint density at radius 3 is 2.61 bits per heavy atom. The second-order valence-corrected chi connectivity index (χ2v) is 6.66. The highest BCUT2D eigenvalue weighted by Gasteiger charge is 2.19. The average molecular weight is 288 g/mol. The number of nitrogens with zero attached hydrogens (tertiary/aromatic N) is 2. The van der Waals surface area contributed by atoms with Gasteiger partial charge in [-0.15, -0.1) is 0 Å². The summed E-state index contributed by atoms with van der Waals surface area (Å²) in [6.45, 7) is 6.63. The quantitative estimate of drug-likeness (QED) is 0.835. The lowest BCUT2D eigenvalue weighted by atomic mass is 10.0. The maximum atomic E-state index is 9.45. The molecule has 0 aromatic carbocycles. The fraction of sp³-hybridized carbons (Fsp3) is 0.769. The Morgan fingerprint density at radius 1 is 1.44 bits per heavy atom. The van der Waals surface area contributed by atoms with Crippen LogP contribution in [0.4, 0.5) is 5.13 Å². The Labute approximate surface area is 119 Å². The van der Waals surface area contributed by atoms with E-state index in [2.05, 4.69) is 39.0 Å². The molecule has 0 fully saturated rings. The number of aromatic nitrogens is 1. The van der Waals surface area contributed by atoms with Gasteiger partial charge in [0.25, 0.3) is 0 Å². The maximum absolute atomic E-state index is 9.45. The van der Waals surface area contributed by atoms with Crippen molar-refractivity contribution in [3.63, 3.8) is 0 Å². The van der Waals surface area contributed by atoms with Crippen molar-refractivity contribution in [1.29, 1.82) is 0 Å². The number of anilines is 1. The SMILES string of the molecule is CCC(C)c1nc(N(C)C(C)CSC)sc1CO. The molecule has 0 amide bonds. The van der Waals surface area contributed by atoms with E-state index in [-0.39, 0.29) is 6.61 Å². The summed E-state index contributed by atoms with van der Waals surface area (Å²) in [4.78, 5) is 7.96. The predicted molar refractivity (Wildman–Crippen MR) is 83.0 cm³/mol. The van der Waals surface area contributed by atoms with E-state index in [1.54, 1.807) is 11.3 Å². The topological polar surface area (TPSA) is 36.4 Å². The lowest BCUT2D eigenvalue weighted by Gasteiger charge is -2.23. The van der Waals surface area contributed by atoms with Crippen LogP contribution in [0.3, 0.4) is 0 Å². The minimum Gasteiger partial charge on any atom is -0.391 e. The smallest absolute Gasteiger partial charge is 0.185 e. The van der Waals surface area contributed by atoms with Crippen molar-refractivity contribution in [1.82, 2.24) is 4.98 Å². The van der Waals surface area contributed by atoms with Crippen molar-refractivity contribution < 1.29 is 5.11 Å². The zero-order valence-corrected chi connectivity index (χ0v) is 13.6. The van der Waals surface area contributed by atoms with Gasteiger partial charge in [0.2, 0.25) is 0 Å². The zero-order chi connectivity index (χ0) is 13.7. The van der Waals surface area contributed by atoms with Gasteiger partial charge in [0.05, 0.1) is 17.2 Å². The van der Waals surface area contributed by atoms with E-state index in [4.69, 9.17) is 4.98 Å². The monoisotopic (exact) mass is 288 g/mol. The summed E-state index contributed by atoms with van der Waals surface area (Å²) in [5.74, 6) is 1.50. The molecular formula is C13H24N2OS2. The van der Waals surface area contributed by atoms with E-state index in [0.29, 0.717) is 12.0 Å². The molecule has 1 aromatic rings. The van der Waals surface area contributed by atoms with Crippen LogP contribution in [0.5, 0.6) is 0 Å². The van der Waals surface area contributed by atoms with Crippen LogP contribution in [0.1, 0.15) is 43.7 Å². The third-order valence-corrected chi connectivity index (χ3v) is 5.27. The number of thioether (sulfide) groups is 1. The van der Waals surface area contributed by atoms with Crippen molar-refractivity contribution in [2.24, 2.45) is 0 Å². The van der Waals surface area contributed by atoms with Gasteiger partial charge in [-0.2, -0.15) is 11.8 Å². The Hall–Kier alpha value is -0.260. The Balaban J connectivity index is 2.93. The Kier molecular flexibility index (Phi) is 6.46. The second-order valence-electron chi connectivity index (χ2n) is 4.69. The summed E-state index contributed by atoms with van der Waals surface area (Å²) >= 11 is 3.47. The molecule has 18 heavy (non-hydrogen) atoms. The highest BCUT2D eigenvalue weighted by molar-refractivity contribution is 7.98. The highest BCUT2D eigenvalue weighted by Crippen LogP contribution is 2.32. The van der Waals surface area contributed by atoms with Gasteiger partial charge in [0.1, 0.15) is 0 Å². The molecule has 104 valence electrons. The van der Waals surface area contributed by atoms with E-state index in [9.17, 15) is 5.11 Å². The molecule has 0 radical (unpaired) electrons. The van der Waals surface area contributed by atoms with Crippen molar-refractivity contribution >= 4 is 28.2 Å². The number of hydrogen-bond acceptors (Lipinski definition) is 5. The molecule has 0 bridgehead atoms. The first-order chi connectivity index (χ1) is 8.54. The Morgan fingerprint density at radius 2 is 2.11 bits per heavy atom. The zero-order valence-electron chi connectivity index (χ0n) is 11.9. The Bertz CT molecular complexity index is 368. The first-order valence-corrected chi connectivity index (χ1v) is 8.58. The molecule has 0 aliphatic heterocycles. The third kappa shape index (κ3) is 3.62. The molecule has 0 aliphatic carbocycles. The molecule has 3 nitrogen and oxygen atoms in total. The van der Waals surface area contributed by atoms with E-state index in [1.807, 2.05) is 11.8 Å². The normalized spacial score (nSPS) is 14.6. The molecule has 0 saturated carbocycles. The van der Waals surface area contributed by atoms with E-state index in [1.165, 1.54) is 0 Å². The van der Waals surface area contributed by atoms with E-state index >= 15 is 0 Å². The lowest BCUT2D eigenvalue weighted by Crippen LogP contribution is -2.30. The number of aliphatic hydroxyl groups excluding tert-OH is 1. The summed E-state index contributed by atoms with van der Waals surface area (Å²) < 4.78 is 0. The highest BCUT2D eigenvalue weighted by atomic mass is 32.2. The summed E-state index contributed by atoms with van der Waals surface area (Å²) in [6.07, 6.45) is 3.18. The van der Waals surface area contributed by atoms with Crippen molar-refractivity contribution in [3.05, 3.63) is 10.6 Å². The molecule has 0 saturated heterocycles. The van der Waals surface area contributed by atoms with Crippen LogP contribution in [0.2, 0.25) is 0 Å². The lowest BCUT2D eigenvalue weighted by molar-refractivity contribution is 0.283. The van der Waals surface area contributed by atoms with Gasteiger partial charge in [-0.25, -0.2) is 4.98 Å². The molecule has 1 heterocycles. The van der Waals surface area contributed by atoms with Crippen molar-refractivity contribution in [3.8, 4) is 0 Å². The minimum absolute atomic E-state index is 0.0993. The van der Waals surface area contributed by atoms with Gasteiger partial charge >= 0.3 is 0 Å². The van der Waals surface area contributed by atoms with Crippen LogP contribution < -0.4 is 4.90 Å². The van der Waals surface area contributed by atoms with Gasteiger partial charge in [-0.3, -0.25) is 0 Å². The van der Waals surface area contributed by atoms with Gasteiger partial charge < -0.3 is 10.0 Å². The van der Waals surface area contributed by atoms with Crippen LogP contribution >= 0.6 is 23.1 Å². The summed E-state index contributed by atoms with van der Waals surface area (Å²) in [5.41, 5.74) is 1.07. The average Bonchev–Trinajstić information content (AvgIpc) is 2.81. The molecule has 5 heteroatoms. The van der Waals surface area contributed by atoms with Crippen LogP contribution in [-0.2, 0) is 6.61 Å². The molecular weight excluding hydrogens is 264 g/mol. The molecule has 2 unspecified atom stereocenters. The molecule has 2 atom stereocenters. The molecule has 1 rings (SSSR count). The molecule has 1 aromatic heterocycles. The summed E-state index contributed by atoms with van der Waals surface area (Å²) in [6, 6.07) is 0.461. The number of aliphatic hydroxyl groups is 1. The minimum atomic E-state index is 0.0993. The molecule has 1 N–H and O–H groups in total. The van der Waals surface area contributed by atoms with Gasteiger partial charge in [-0.1, -0.05) is 25.2 Å². The van der Waals surface area contributed by atoms with Crippen LogP contribution in [0, 0.1) is 0 Å².